The largest absolute Gasteiger partial charge is 0.481 e. The van der Waals surface area contributed by atoms with Gasteiger partial charge in [0.25, 0.3) is 0 Å². The first-order chi connectivity index (χ1) is 8.04. The summed E-state index contributed by atoms with van der Waals surface area (Å²) in [6.07, 6.45) is 6.01. The molecular weight excluding hydrogens is 220 g/mol. The number of carbonyl (C=O) groups is 2. The molecule has 0 aromatic carbocycles. The summed E-state index contributed by atoms with van der Waals surface area (Å²) in [5.74, 6) is -2.56. The second kappa shape index (κ2) is 6.03. The van der Waals surface area contributed by atoms with Crippen LogP contribution in [0.25, 0.3) is 0 Å². The minimum atomic E-state index is -1.01. The zero-order valence-electron chi connectivity index (χ0n) is 10.4. The fourth-order valence-electron chi connectivity index (χ4n) is 2.95. The van der Waals surface area contributed by atoms with Crippen LogP contribution in [0.4, 0.5) is 0 Å². The SMILES string of the molecule is CCCCCC1(C(=O)O)CCCCC1C(=O)O. The van der Waals surface area contributed by atoms with E-state index >= 15 is 0 Å². The Bertz CT molecular complexity index is 287. The van der Waals surface area contributed by atoms with Crippen LogP contribution >= 0.6 is 0 Å². The van der Waals surface area contributed by atoms with E-state index in [1.807, 2.05) is 0 Å². The van der Waals surface area contributed by atoms with Gasteiger partial charge in [0, 0.05) is 0 Å². The van der Waals surface area contributed by atoms with Crippen LogP contribution in [-0.2, 0) is 9.59 Å². The molecule has 0 aliphatic heterocycles. The Morgan fingerprint density at radius 3 is 2.47 bits per heavy atom. The topological polar surface area (TPSA) is 74.6 Å². The Hall–Kier alpha value is -1.06. The zero-order chi connectivity index (χ0) is 12.9. The van der Waals surface area contributed by atoms with Gasteiger partial charge in [0.1, 0.15) is 0 Å². The van der Waals surface area contributed by atoms with E-state index in [9.17, 15) is 19.8 Å². The van der Waals surface area contributed by atoms with E-state index in [-0.39, 0.29) is 0 Å². The molecule has 1 aliphatic rings. The third-order valence-corrected chi connectivity index (χ3v) is 3.98. The average Bonchev–Trinajstić information content (AvgIpc) is 2.29. The third kappa shape index (κ3) is 2.99. The molecule has 0 spiro atoms. The van der Waals surface area contributed by atoms with Crippen molar-refractivity contribution in [1.82, 2.24) is 0 Å². The minimum absolute atomic E-state index is 0.507. The molecule has 4 nitrogen and oxygen atoms in total. The van der Waals surface area contributed by atoms with Crippen LogP contribution < -0.4 is 0 Å². The van der Waals surface area contributed by atoms with Crippen molar-refractivity contribution in [2.24, 2.45) is 11.3 Å². The summed E-state index contributed by atoms with van der Waals surface area (Å²) in [6.45, 7) is 2.06. The molecule has 1 rings (SSSR count). The first-order valence-corrected chi connectivity index (χ1v) is 6.51. The molecule has 0 bridgehead atoms. The molecule has 0 aromatic rings. The third-order valence-electron chi connectivity index (χ3n) is 3.98. The van der Waals surface area contributed by atoms with Crippen molar-refractivity contribution in [3.8, 4) is 0 Å². The number of aliphatic carboxylic acids is 2. The van der Waals surface area contributed by atoms with E-state index in [1.54, 1.807) is 0 Å². The molecule has 0 amide bonds. The van der Waals surface area contributed by atoms with Gasteiger partial charge in [0.15, 0.2) is 0 Å². The quantitative estimate of drug-likeness (QED) is 0.702. The second-order valence-corrected chi connectivity index (χ2v) is 5.06. The molecule has 98 valence electrons. The molecule has 0 heterocycles. The standard InChI is InChI=1S/C13H22O4/c1-2-3-5-8-13(12(16)17)9-6-4-7-10(13)11(14)15/h10H,2-9H2,1H3,(H,14,15)(H,16,17). The van der Waals surface area contributed by atoms with Gasteiger partial charge in [0.2, 0.25) is 0 Å². The smallest absolute Gasteiger partial charge is 0.310 e. The Kier molecular flexibility index (Phi) is 4.97. The number of unbranched alkanes of at least 4 members (excludes halogenated alkanes) is 2. The summed E-state index contributed by atoms with van der Waals surface area (Å²) < 4.78 is 0. The summed E-state index contributed by atoms with van der Waals surface area (Å²) in [4.78, 5) is 22.8. The van der Waals surface area contributed by atoms with Gasteiger partial charge in [0.05, 0.1) is 11.3 Å². The number of hydrogen-bond acceptors (Lipinski definition) is 2. The number of carboxylic acid groups (broad SMARTS) is 2. The fraction of sp³-hybridized carbons (Fsp3) is 0.846. The highest BCUT2D eigenvalue weighted by Crippen LogP contribution is 2.45. The monoisotopic (exact) mass is 242 g/mol. The van der Waals surface area contributed by atoms with Gasteiger partial charge in [-0.25, -0.2) is 0 Å². The molecule has 1 fully saturated rings. The average molecular weight is 242 g/mol. The molecule has 4 heteroatoms. The summed E-state index contributed by atoms with van der Waals surface area (Å²) in [5, 5.41) is 18.7. The Morgan fingerprint density at radius 1 is 1.24 bits per heavy atom. The van der Waals surface area contributed by atoms with Crippen molar-refractivity contribution >= 4 is 11.9 Å². The molecule has 2 atom stereocenters. The molecule has 0 saturated heterocycles. The van der Waals surface area contributed by atoms with Crippen LogP contribution in [0.2, 0.25) is 0 Å². The van der Waals surface area contributed by atoms with Crippen LogP contribution in [0.3, 0.4) is 0 Å². The van der Waals surface area contributed by atoms with Gasteiger partial charge in [-0.3, -0.25) is 9.59 Å². The van der Waals surface area contributed by atoms with E-state index in [2.05, 4.69) is 6.92 Å². The summed E-state index contributed by atoms with van der Waals surface area (Å²) in [5.41, 5.74) is -1.01. The van der Waals surface area contributed by atoms with Gasteiger partial charge >= 0.3 is 11.9 Å². The number of hydrogen-bond donors (Lipinski definition) is 2. The fourth-order valence-corrected chi connectivity index (χ4v) is 2.95. The molecule has 2 unspecified atom stereocenters. The molecule has 0 aromatic heterocycles. The lowest BCUT2D eigenvalue weighted by Gasteiger charge is -2.38. The lowest BCUT2D eigenvalue weighted by atomic mass is 9.63. The molecule has 0 radical (unpaired) electrons. The maximum atomic E-state index is 11.5. The van der Waals surface area contributed by atoms with E-state index in [4.69, 9.17) is 0 Å². The highest BCUT2D eigenvalue weighted by molar-refractivity contribution is 5.83. The van der Waals surface area contributed by atoms with Gasteiger partial charge in [-0.15, -0.1) is 0 Å². The number of rotatable bonds is 6. The van der Waals surface area contributed by atoms with Crippen molar-refractivity contribution in [1.29, 1.82) is 0 Å². The predicted molar refractivity (Wildman–Crippen MR) is 63.8 cm³/mol. The van der Waals surface area contributed by atoms with Crippen LogP contribution in [-0.4, -0.2) is 22.2 Å². The van der Waals surface area contributed by atoms with Crippen molar-refractivity contribution in [3.63, 3.8) is 0 Å². The predicted octanol–water partition coefficient (Wildman–Crippen LogP) is 2.91. The van der Waals surface area contributed by atoms with E-state index in [0.29, 0.717) is 19.3 Å². The molecule has 2 N–H and O–H groups in total. The van der Waals surface area contributed by atoms with Crippen molar-refractivity contribution in [3.05, 3.63) is 0 Å². The maximum Gasteiger partial charge on any atom is 0.310 e. The Balaban J connectivity index is 2.85. The minimum Gasteiger partial charge on any atom is -0.481 e. The van der Waals surface area contributed by atoms with Crippen LogP contribution in [0.1, 0.15) is 58.3 Å². The Labute approximate surface area is 102 Å². The normalized spacial score (nSPS) is 28.9. The lowest BCUT2D eigenvalue weighted by Crippen LogP contribution is -2.44. The van der Waals surface area contributed by atoms with Crippen molar-refractivity contribution in [2.45, 2.75) is 58.3 Å². The van der Waals surface area contributed by atoms with Gasteiger partial charge in [-0.1, -0.05) is 39.0 Å². The Morgan fingerprint density at radius 2 is 1.94 bits per heavy atom. The highest BCUT2D eigenvalue weighted by atomic mass is 16.4. The lowest BCUT2D eigenvalue weighted by molar-refractivity contribution is -0.166. The summed E-state index contributed by atoms with van der Waals surface area (Å²) in [7, 11) is 0. The molecule has 1 aliphatic carbocycles. The maximum absolute atomic E-state index is 11.5. The van der Waals surface area contributed by atoms with E-state index < -0.39 is 23.3 Å². The molecule has 17 heavy (non-hydrogen) atoms. The highest BCUT2D eigenvalue weighted by Gasteiger charge is 2.50. The first-order valence-electron chi connectivity index (χ1n) is 6.51. The number of carboxylic acids is 2. The zero-order valence-corrected chi connectivity index (χ0v) is 10.4. The summed E-state index contributed by atoms with van der Waals surface area (Å²) in [6, 6.07) is 0. The van der Waals surface area contributed by atoms with Crippen LogP contribution in [0, 0.1) is 11.3 Å². The molecular formula is C13H22O4. The van der Waals surface area contributed by atoms with Crippen LogP contribution in [0.5, 0.6) is 0 Å². The van der Waals surface area contributed by atoms with Gasteiger partial charge in [-0.05, 0) is 19.3 Å². The first kappa shape index (κ1) is 14.0. The van der Waals surface area contributed by atoms with E-state index in [1.165, 1.54) is 0 Å². The summed E-state index contributed by atoms with van der Waals surface area (Å²) >= 11 is 0. The van der Waals surface area contributed by atoms with Gasteiger partial charge in [-0.2, -0.15) is 0 Å². The van der Waals surface area contributed by atoms with E-state index in [0.717, 1.165) is 32.1 Å². The molecule has 1 saturated carbocycles. The van der Waals surface area contributed by atoms with Gasteiger partial charge < -0.3 is 10.2 Å². The van der Waals surface area contributed by atoms with Crippen LogP contribution in [0.15, 0.2) is 0 Å². The second-order valence-electron chi connectivity index (χ2n) is 5.06. The van der Waals surface area contributed by atoms with Crippen molar-refractivity contribution < 1.29 is 19.8 Å². The van der Waals surface area contributed by atoms with Crippen molar-refractivity contribution in [2.75, 3.05) is 0 Å².